The van der Waals surface area contributed by atoms with Gasteiger partial charge >= 0.3 is 0 Å². The number of benzene rings is 1. The molecule has 0 fully saturated rings. The van der Waals surface area contributed by atoms with E-state index in [4.69, 9.17) is 5.73 Å². The van der Waals surface area contributed by atoms with Crippen LogP contribution in [0.5, 0.6) is 0 Å². The van der Waals surface area contributed by atoms with Crippen LogP contribution in [0.1, 0.15) is 11.1 Å². The molecule has 1 aromatic carbocycles. The minimum absolute atomic E-state index is 0.0421. The number of pyridine rings is 1. The molecule has 3 nitrogen and oxygen atoms in total. The second-order valence-electron chi connectivity index (χ2n) is 3.82. The Bertz CT molecular complexity index is 557. The van der Waals surface area contributed by atoms with E-state index >= 15 is 0 Å². The van der Waals surface area contributed by atoms with E-state index in [-0.39, 0.29) is 11.2 Å². The molecule has 0 bridgehead atoms. The molecule has 0 atom stereocenters. The molecule has 2 N–H and O–H groups in total. The van der Waals surface area contributed by atoms with Crippen LogP contribution in [0.3, 0.4) is 0 Å². The molecule has 17 heavy (non-hydrogen) atoms. The second kappa shape index (κ2) is 4.93. The van der Waals surface area contributed by atoms with E-state index in [0.29, 0.717) is 13.1 Å². The summed E-state index contributed by atoms with van der Waals surface area (Å²) in [4.78, 5) is 11.0. The Balaban J connectivity index is 2.31. The molecular weight excluding hydrogens is 219 g/mol. The van der Waals surface area contributed by atoms with Crippen molar-refractivity contribution in [2.75, 3.05) is 0 Å². The van der Waals surface area contributed by atoms with Crippen molar-refractivity contribution in [2.24, 2.45) is 5.73 Å². The molecule has 88 valence electrons. The summed E-state index contributed by atoms with van der Waals surface area (Å²) in [7, 11) is 0. The van der Waals surface area contributed by atoms with Gasteiger partial charge in [0.15, 0.2) is 5.43 Å². The highest BCUT2D eigenvalue weighted by molar-refractivity contribution is 5.28. The Morgan fingerprint density at radius 2 is 1.82 bits per heavy atom. The van der Waals surface area contributed by atoms with E-state index in [1.54, 1.807) is 18.5 Å². The predicted molar refractivity (Wildman–Crippen MR) is 64.1 cm³/mol. The first-order chi connectivity index (χ1) is 8.19. The van der Waals surface area contributed by atoms with E-state index in [2.05, 4.69) is 0 Å². The number of rotatable bonds is 3. The lowest BCUT2D eigenvalue weighted by molar-refractivity contribution is 0.621. The summed E-state index contributed by atoms with van der Waals surface area (Å²) in [6.45, 7) is 0.875. The highest BCUT2D eigenvalue weighted by Gasteiger charge is 2.03. The Morgan fingerprint density at radius 3 is 2.47 bits per heavy atom. The number of hydrogen-bond acceptors (Lipinski definition) is 2. The minimum atomic E-state index is -0.279. The first-order valence-corrected chi connectivity index (χ1v) is 5.32. The van der Waals surface area contributed by atoms with Gasteiger partial charge in [0.25, 0.3) is 0 Å². The third kappa shape index (κ3) is 2.79. The maximum atomic E-state index is 13.2. The monoisotopic (exact) mass is 232 g/mol. The Kier molecular flexibility index (Phi) is 3.35. The molecule has 0 unspecified atom stereocenters. The molecule has 1 heterocycles. The van der Waals surface area contributed by atoms with Crippen LogP contribution in [0, 0.1) is 5.82 Å². The summed E-state index contributed by atoms with van der Waals surface area (Å²) in [5, 5.41) is 0. The third-order valence-electron chi connectivity index (χ3n) is 2.60. The van der Waals surface area contributed by atoms with Crippen LogP contribution < -0.4 is 11.2 Å². The molecule has 2 aromatic rings. The number of halogens is 1. The van der Waals surface area contributed by atoms with Gasteiger partial charge in [0.05, 0.1) is 0 Å². The standard InChI is InChI=1S/C13H13FN2O/c14-12-2-1-10(8-15)11(7-12)9-16-5-3-13(17)4-6-16/h1-7H,8-9,15H2. The fourth-order valence-electron chi connectivity index (χ4n) is 1.69. The number of aromatic nitrogens is 1. The van der Waals surface area contributed by atoms with E-state index in [0.717, 1.165) is 11.1 Å². The van der Waals surface area contributed by atoms with Crippen LogP contribution in [0.4, 0.5) is 4.39 Å². The molecule has 0 amide bonds. The van der Waals surface area contributed by atoms with Crippen LogP contribution in [0.15, 0.2) is 47.5 Å². The van der Waals surface area contributed by atoms with Gasteiger partial charge in [-0.25, -0.2) is 4.39 Å². The average Bonchev–Trinajstić information content (AvgIpc) is 2.32. The van der Waals surface area contributed by atoms with Gasteiger partial charge in [0.1, 0.15) is 5.82 Å². The van der Waals surface area contributed by atoms with Gasteiger partial charge in [0, 0.05) is 37.6 Å². The zero-order valence-electron chi connectivity index (χ0n) is 9.27. The highest BCUT2D eigenvalue weighted by Crippen LogP contribution is 2.12. The number of hydrogen-bond donors (Lipinski definition) is 1. The Hall–Kier alpha value is -1.94. The Morgan fingerprint density at radius 1 is 1.12 bits per heavy atom. The molecule has 2 rings (SSSR count). The molecule has 0 aliphatic rings. The van der Waals surface area contributed by atoms with Crippen molar-refractivity contribution in [2.45, 2.75) is 13.1 Å². The van der Waals surface area contributed by atoms with Crippen molar-refractivity contribution in [3.63, 3.8) is 0 Å². The zero-order valence-corrected chi connectivity index (χ0v) is 9.27. The van der Waals surface area contributed by atoms with Gasteiger partial charge in [-0.05, 0) is 23.3 Å². The fraction of sp³-hybridized carbons (Fsp3) is 0.154. The summed E-state index contributed by atoms with van der Waals surface area (Å²) in [5.41, 5.74) is 7.29. The molecule has 4 heteroatoms. The van der Waals surface area contributed by atoms with Crippen LogP contribution in [-0.2, 0) is 13.1 Å². The minimum Gasteiger partial charge on any atom is -0.350 e. The number of nitrogens with zero attached hydrogens (tertiary/aromatic N) is 1. The molecule has 0 radical (unpaired) electrons. The van der Waals surface area contributed by atoms with Gasteiger partial charge in [-0.1, -0.05) is 6.07 Å². The maximum Gasteiger partial charge on any atom is 0.181 e. The van der Waals surface area contributed by atoms with Crippen molar-refractivity contribution < 1.29 is 4.39 Å². The predicted octanol–water partition coefficient (Wildman–Crippen LogP) is 1.49. The molecule has 0 aliphatic heterocycles. The van der Waals surface area contributed by atoms with Gasteiger partial charge in [-0.3, -0.25) is 4.79 Å². The largest absolute Gasteiger partial charge is 0.350 e. The summed E-state index contributed by atoms with van der Waals surface area (Å²) in [6.07, 6.45) is 3.35. The number of nitrogens with two attached hydrogens (primary N) is 1. The van der Waals surface area contributed by atoms with Crippen LogP contribution >= 0.6 is 0 Å². The van der Waals surface area contributed by atoms with Gasteiger partial charge in [-0.15, -0.1) is 0 Å². The summed E-state index contributed by atoms with van der Waals surface area (Å²) >= 11 is 0. The molecule has 1 aromatic heterocycles. The van der Waals surface area contributed by atoms with Crippen LogP contribution in [0.2, 0.25) is 0 Å². The van der Waals surface area contributed by atoms with Crippen LogP contribution in [-0.4, -0.2) is 4.57 Å². The van der Waals surface area contributed by atoms with Crippen LogP contribution in [0.25, 0.3) is 0 Å². The van der Waals surface area contributed by atoms with Crippen molar-refractivity contribution in [1.29, 1.82) is 0 Å². The van der Waals surface area contributed by atoms with E-state index in [1.165, 1.54) is 24.3 Å². The van der Waals surface area contributed by atoms with Crippen molar-refractivity contribution >= 4 is 0 Å². The van der Waals surface area contributed by atoms with E-state index in [1.807, 2.05) is 4.57 Å². The summed E-state index contributed by atoms with van der Waals surface area (Å²) in [6, 6.07) is 7.51. The third-order valence-corrected chi connectivity index (χ3v) is 2.60. The van der Waals surface area contributed by atoms with Gasteiger partial charge < -0.3 is 10.3 Å². The Labute approximate surface area is 98.3 Å². The molecule has 0 saturated heterocycles. The maximum absolute atomic E-state index is 13.2. The molecular formula is C13H13FN2O. The lowest BCUT2D eigenvalue weighted by atomic mass is 10.1. The SMILES string of the molecule is NCc1ccc(F)cc1Cn1ccc(=O)cc1. The lowest BCUT2D eigenvalue weighted by Crippen LogP contribution is -2.08. The first kappa shape index (κ1) is 11.5. The molecule has 0 aliphatic carbocycles. The quantitative estimate of drug-likeness (QED) is 0.871. The van der Waals surface area contributed by atoms with Gasteiger partial charge in [0.2, 0.25) is 0 Å². The van der Waals surface area contributed by atoms with E-state index in [9.17, 15) is 9.18 Å². The smallest absolute Gasteiger partial charge is 0.181 e. The fourth-order valence-corrected chi connectivity index (χ4v) is 1.69. The van der Waals surface area contributed by atoms with Crippen molar-refractivity contribution in [3.8, 4) is 0 Å². The lowest BCUT2D eigenvalue weighted by Gasteiger charge is -2.10. The molecule has 0 saturated carbocycles. The van der Waals surface area contributed by atoms with Gasteiger partial charge in [-0.2, -0.15) is 0 Å². The first-order valence-electron chi connectivity index (χ1n) is 5.32. The topological polar surface area (TPSA) is 48.0 Å². The normalized spacial score (nSPS) is 10.5. The second-order valence-corrected chi connectivity index (χ2v) is 3.82. The van der Waals surface area contributed by atoms with E-state index < -0.39 is 0 Å². The van der Waals surface area contributed by atoms with Crippen molar-refractivity contribution in [3.05, 3.63) is 69.9 Å². The highest BCUT2D eigenvalue weighted by atomic mass is 19.1. The summed E-state index contributed by atoms with van der Waals surface area (Å²) < 4.78 is 15.0. The summed E-state index contributed by atoms with van der Waals surface area (Å²) in [5.74, 6) is -0.279. The molecule has 0 spiro atoms. The zero-order chi connectivity index (χ0) is 12.3. The average molecular weight is 232 g/mol. The van der Waals surface area contributed by atoms with Crippen molar-refractivity contribution in [1.82, 2.24) is 4.57 Å².